The minimum absolute atomic E-state index is 0.0462. The highest BCUT2D eigenvalue weighted by atomic mass is 28.4. The van der Waals surface area contributed by atoms with Crippen LogP contribution in [0, 0.1) is 28.6 Å². The Balaban J connectivity index is 1.27. The van der Waals surface area contributed by atoms with Gasteiger partial charge in [0.15, 0.2) is 0 Å². The van der Waals surface area contributed by atoms with E-state index in [1.165, 1.54) is 10.4 Å². The zero-order chi connectivity index (χ0) is 36.3. The predicted octanol–water partition coefficient (Wildman–Crippen LogP) is 8.35. The standard InChI is InChI=1S/C44H60O6Si/c1-42(2,3)51(36-14-10-8-11-15-36,37-16-12-9-13-17-37)50-27-26-44(5)40(45)24-25-43(4)38-29-35(48-30-32-18-21-34(47-7)22-19-32)23-20-33(38)28-39(41(43)44)49-31-46-6/h8-19,21-22,33,35,38-39,41H,20,23-31H2,1-7H3/t33-,35+,38+,39+,41-,43-,44+/m0/s1. The molecule has 0 unspecified atom stereocenters. The molecule has 0 amide bonds. The Bertz CT molecular complexity index is 1530. The second-order valence-electron chi connectivity index (χ2n) is 16.9. The molecule has 0 heterocycles. The maximum absolute atomic E-state index is 14.4. The number of methoxy groups -OCH3 is 2. The highest BCUT2D eigenvalue weighted by Gasteiger charge is 2.63. The number of fused-ring (bicyclic) bond motifs is 3. The van der Waals surface area contributed by atoms with Crippen molar-refractivity contribution in [3.8, 4) is 5.75 Å². The number of ether oxygens (including phenoxy) is 4. The molecule has 0 saturated heterocycles. The van der Waals surface area contributed by atoms with Crippen LogP contribution in [0.3, 0.4) is 0 Å². The molecule has 3 fully saturated rings. The third kappa shape index (κ3) is 7.39. The number of hydrogen-bond acceptors (Lipinski definition) is 6. The van der Waals surface area contributed by atoms with Gasteiger partial charge in [-0.2, -0.15) is 0 Å². The van der Waals surface area contributed by atoms with Gasteiger partial charge in [0.1, 0.15) is 18.3 Å². The monoisotopic (exact) mass is 712 g/mol. The summed E-state index contributed by atoms with van der Waals surface area (Å²) in [7, 11) is 0.633. The van der Waals surface area contributed by atoms with Gasteiger partial charge in [0.05, 0.1) is 25.9 Å². The summed E-state index contributed by atoms with van der Waals surface area (Å²) in [6, 6.07) is 29.8. The second kappa shape index (κ2) is 15.7. The van der Waals surface area contributed by atoms with Gasteiger partial charge in [-0.15, -0.1) is 0 Å². The van der Waals surface area contributed by atoms with Crippen LogP contribution in [-0.2, 0) is 30.0 Å². The van der Waals surface area contributed by atoms with Gasteiger partial charge < -0.3 is 23.4 Å². The number of carbonyl (C=O) groups is 1. The number of Topliss-reactive ketones (excluding diaryl/α,β-unsaturated/α-hetero) is 1. The fourth-order valence-corrected chi connectivity index (χ4v) is 15.1. The van der Waals surface area contributed by atoms with Gasteiger partial charge >= 0.3 is 0 Å². The van der Waals surface area contributed by atoms with Gasteiger partial charge in [0, 0.05) is 31.5 Å². The molecule has 3 aromatic rings. The van der Waals surface area contributed by atoms with Crippen molar-refractivity contribution in [2.24, 2.45) is 28.6 Å². The lowest BCUT2D eigenvalue weighted by Crippen LogP contribution is -2.67. The van der Waals surface area contributed by atoms with E-state index in [1.807, 2.05) is 12.1 Å². The highest BCUT2D eigenvalue weighted by Crippen LogP contribution is 2.64. The third-order valence-electron chi connectivity index (χ3n) is 13.0. The molecule has 6 nitrogen and oxygen atoms in total. The Morgan fingerprint density at radius 1 is 0.824 bits per heavy atom. The molecule has 0 radical (unpaired) electrons. The van der Waals surface area contributed by atoms with Crippen LogP contribution in [0.1, 0.15) is 85.1 Å². The first-order valence-corrected chi connectivity index (χ1v) is 21.0. The smallest absolute Gasteiger partial charge is 0.261 e. The summed E-state index contributed by atoms with van der Waals surface area (Å²) in [6.07, 6.45) is 6.46. The fraction of sp³-hybridized carbons (Fsp3) is 0.568. The predicted molar refractivity (Wildman–Crippen MR) is 206 cm³/mol. The van der Waals surface area contributed by atoms with E-state index in [-0.39, 0.29) is 35.4 Å². The maximum Gasteiger partial charge on any atom is 0.261 e. The van der Waals surface area contributed by atoms with E-state index in [2.05, 4.69) is 107 Å². The molecule has 0 bridgehead atoms. The SMILES string of the molecule is COCO[C@@H]1C[C@@H]2CC[C@@H](OCc3ccc(OC)cc3)C[C@H]2[C@]2(C)CCC(=O)[C@@](C)(CCO[Si](c3ccccc3)(c3ccccc3)C(C)(C)C)[C@@H]12. The van der Waals surface area contributed by atoms with Crippen molar-refractivity contribution in [2.75, 3.05) is 27.6 Å². The first-order chi connectivity index (χ1) is 24.5. The average molecular weight is 713 g/mol. The van der Waals surface area contributed by atoms with E-state index in [1.54, 1.807) is 14.2 Å². The molecule has 3 saturated carbocycles. The Labute approximate surface area is 307 Å². The zero-order valence-corrected chi connectivity index (χ0v) is 33.0. The first-order valence-electron chi connectivity index (χ1n) is 19.1. The zero-order valence-electron chi connectivity index (χ0n) is 32.0. The second-order valence-corrected chi connectivity index (χ2v) is 21.2. The molecule has 276 valence electrons. The molecule has 3 aliphatic rings. The largest absolute Gasteiger partial charge is 0.497 e. The van der Waals surface area contributed by atoms with Crippen LogP contribution in [0.15, 0.2) is 84.9 Å². The Morgan fingerprint density at radius 2 is 1.47 bits per heavy atom. The quantitative estimate of drug-likeness (QED) is 0.131. The lowest BCUT2D eigenvalue weighted by molar-refractivity contribution is -0.217. The fourth-order valence-electron chi connectivity index (χ4n) is 10.6. The molecule has 0 aliphatic heterocycles. The number of carbonyl (C=O) groups excluding carboxylic acids is 1. The Hall–Kier alpha value is -2.81. The summed E-state index contributed by atoms with van der Waals surface area (Å²) in [6.45, 7) is 13.0. The molecule has 6 rings (SSSR count). The average Bonchev–Trinajstić information content (AvgIpc) is 3.14. The lowest BCUT2D eigenvalue weighted by atomic mass is 9.42. The van der Waals surface area contributed by atoms with E-state index in [0.29, 0.717) is 43.7 Å². The summed E-state index contributed by atoms with van der Waals surface area (Å²) in [5, 5.41) is 2.39. The van der Waals surface area contributed by atoms with E-state index in [9.17, 15) is 4.79 Å². The van der Waals surface area contributed by atoms with Gasteiger partial charge in [-0.1, -0.05) is 107 Å². The van der Waals surface area contributed by atoms with Gasteiger partial charge in [-0.05, 0) is 88.9 Å². The summed E-state index contributed by atoms with van der Waals surface area (Å²) in [5.41, 5.74) is 0.512. The van der Waals surface area contributed by atoms with Crippen LogP contribution < -0.4 is 15.1 Å². The van der Waals surface area contributed by atoms with Crippen LogP contribution >= 0.6 is 0 Å². The molecule has 0 N–H and O–H groups in total. The molecule has 0 aromatic heterocycles. The van der Waals surface area contributed by atoms with E-state index < -0.39 is 13.7 Å². The summed E-state index contributed by atoms with van der Waals surface area (Å²) in [4.78, 5) is 14.4. The van der Waals surface area contributed by atoms with Crippen molar-refractivity contribution in [2.45, 2.75) is 103 Å². The molecule has 0 spiro atoms. The van der Waals surface area contributed by atoms with Crippen molar-refractivity contribution >= 4 is 24.5 Å². The van der Waals surface area contributed by atoms with Crippen LogP contribution in [0.5, 0.6) is 5.75 Å². The van der Waals surface area contributed by atoms with Gasteiger partial charge in [-0.3, -0.25) is 4.79 Å². The van der Waals surface area contributed by atoms with Crippen LogP contribution in [0.4, 0.5) is 0 Å². The van der Waals surface area contributed by atoms with E-state index in [0.717, 1.165) is 43.4 Å². The number of rotatable bonds is 13. The van der Waals surface area contributed by atoms with E-state index in [4.69, 9.17) is 23.4 Å². The van der Waals surface area contributed by atoms with Gasteiger partial charge in [-0.25, -0.2) is 0 Å². The normalized spacial score (nSPS) is 29.6. The van der Waals surface area contributed by atoms with Gasteiger partial charge in [0.2, 0.25) is 0 Å². The number of ketones is 1. The molecule has 7 heteroatoms. The molecular weight excluding hydrogens is 653 g/mol. The Kier molecular flexibility index (Phi) is 11.6. The van der Waals surface area contributed by atoms with E-state index >= 15 is 0 Å². The highest BCUT2D eigenvalue weighted by molar-refractivity contribution is 6.99. The van der Waals surface area contributed by atoms with Crippen LogP contribution in [-0.4, -0.2) is 53.9 Å². The van der Waals surface area contributed by atoms with Crippen LogP contribution in [0.25, 0.3) is 0 Å². The van der Waals surface area contributed by atoms with Crippen LogP contribution in [0.2, 0.25) is 5.04 Å². The maximum atomic E-state index is 14.4. The van der Waals surface area contributed by atoms with Gasteiger partial charge in [0.25, 0.3) is 8.32 Å². The first kappa shape index (κ1) is 37.9. The minimum atomic E-state index is -2.75. The molecule has 3 aliphatic carbocycles. The number of hydrogen-bond donors (Lipinski definition) is 0. The molecule has 3 aromatic carbocycles. The Morgan fingerprint density at radius 3 is 2.06 bits per heavy atom. The summed E-state index contributed by atoms with van der Waals surface area (Å²) >= 11 is 0. The topological polar surface area (TPSA) is 63.2 Å². The third-order valence-corrected chi connectivity index (χ3v) is 18.1. The minimum Gasteiger partial charge on any atom is -0.497 e. The van der Waals surface area contributed by atoms with Crippen molar-refractivity contribution < 1.29 is 28.2 Å². The summed E-state index contributed by atoms with van der Waals surface area (Å²) < 4.78 is 31.5. The van der Waals surface area contributed by atoms with Crippen molar-refractivity contribution in [3.63, 3.8) is 0 Å². The van der Waals surface area contributed by atoms with Crippen molar-refractivity contribution in [1.29, 1.82) is 0 Å². The van der Waals surface area contributed by atoms with Crippen molar-refractivity contribution in [3.05, 3.63) is 90.5 Å². The lowest BCUT2D eigenvalue weighted by Gasteiger charge is -2.63. The summed E-state index contributed by atoms with van der Waals surface area (Å²) in [5.74, 6) is 2.27. The van der Waals surface area contributed by atoms with Crippen molar-refractivity contribution in [1.82, 2.24) is 0 Å². The number of benzene rings is 3. The molecular formula is C44H60O6Si. The molecule has 51 heavy (non-hydrogen) atoms. The molecule has 7 atom stereocenters.